The second-order valence-electron chi connectivity index (χ2n) is 6.27. The molecule has 0 unspecified atom stereocenters. The third-order valence-electron chi connectivity index (χ3n) is 4.57. The van der Waals surface area contributed by atoms with E-state index in [1.807, 2.05) is 0 Å². The first kappa shape index (κ1) is 18.1. The predicted molar refractivity (Wildman–Crippen MR) is 93.5 cm³/mol. The molecular formula is C18H21FN4O3. The van der Waals surface area contributed by atoms with Crippen LogP contribution in [0.4, 0.5) is 10.3 Å². The van der Waals surface area contributed by atoms with E-state index in [1.54, 1.807) is 7.05 Å². The van der Waals surface area contributed by atoms with Crippen molar-refractivity contribution in [1.82, 2.24) is 15.3 Å². The van der Waals surface area contributed by atoms with Crippen molar-refractivity contribution in [2.75, 3.05) is 19.5 Å². The Morgan fingerprint density at radius 3 is 2.62 bits per heavy atom. The van der Waals surface area contributed by atoms with Gasteiger partial charge in [0.25, 0.3) is 5.91 Å². The lowest BCUT2D eigenvalue weighted by Crippen LogP contribution is -2.41. The Balaban J connectivity index is 1.87. The number of aliphatic hydroxyl groups is 1. The van der Waals surface area contributed by atoms with E-state index in [2.05, 4.69) is 20.6 Å². The zero-order chi connectivity index (χ0) is 18.7. The van der Waals surface area contributed by atoms with Gasteiger partial charge in [-0.2, -0.15) is 0 Å². The number of amides is 1. The summed E-state index contributed by atoms with van der Waals surface area (Å²) in [6, 6.07) is 3.71. The average molecular weight is 360 g/mol. The highest BCUT2D eigenvalue weighted by Gasteiger charge is 2.37. The Morgan fingerprint density at radius 1 is 1.35 bits per heavy atom. The number of rotatable bonds is 6. The van der Waals surface area contributed by atoms with E-state index in [4.69, 9.17) is 4.74 Å². The normalized spacial score (nSPS) is 20.0. The first-order valence-corrected chi connectivity index (χ1v) is 8.34. The lowest BCUT2D eigenvalue weighted by molar-refractivity contribution is 0.0231. The van der Waals surface area contributed by atoms with Crippen LogP contribution in [0.2, 0.25) is 0 Å². The molecule has 0 aliphatic heterocycles. The number of nitrogens with zero attached hydrogens (tertiary/aromatic N) is 2. The van der Waals surface area contributed by atoms with Gasteiger partial charge in [-0.1, -0.05) is 0 Å². The number of halogens is 1. The minimum Gasteiger partial charge on any atom is -0.496 e. The zero-order valence-electron chi connectivity index (χ0n) is 14.6. The van der Waals surface area contributed by atoms with Crippen LogP contribution < -0.4 is 15.4 Å². The number of anilines is 1. The molecule has 2 aromatic rings. The number of carbonyl (C=O) groups excluding carboxylic acids is 1. The Labute approximate surface area is 150 Å². The smallest absolute Gasteiger partial charge is 0.254 e. The summed E-state index contributed by atoms with van der Waals surface area (Å²) in [5.74, 6) is 0.0982. The summed E-state index contributed by atoms with van der Waals surface area (Å²) in [5, 5.41) is 15.4. The molecule has 1 aromatic carbocycles. The van der Waals surface area contributed by atoms with Crippen LogP contribution >= 0.6 is 0 Å². The Kier molecular flexibility index (Phi) is 5.32. The van der Waals surface area contributed by atoms with Gasteiger partial charge in [-0.25, -0.2) is 14.4 Å². The number of carbonyl (C=O) groups is 1. The van der Waals surface area contributed by atoms with E-state index < -0.39 is 18.0 Å². The van der Waals surface area contributed by atoms with Gasteiger partial charge >= 0.3 is 0 Å². The van der Waals surface area contributed by atoms with Crippen LogP contribution in [0.3, 0.4) is 0 Å². The number of aliphatic hydroxyl groups excluding tert-OH is 1. The molecule has 3 N–H and O–H groups in total. The molecule has 138 valence electrons. The van der Waals surface area contributed by atoms with Crippen molar-refractivity contribution in [2.45, 2.75) is 25.0 Å². The second-order valence-corrected chi connectivity index (χ2v) is 6.27. The van der Waals surface area contributed by atoms with Gasteiger partial charge in [-0.3, -0.25) is 4.79 Å². The summed E-state index contributed by atoms with van der Waals surface area (Å²) >= 11 is 0. The monoisotopic (exact) mass is 360 g/mol. The maximum absolute atomic E-state index is 13.8. The molecule has 1 atom stereocenters. The summed E-state index contributed by atoms with van der Waals surface area (Å²) in [7, 11) is 3.18. The maximum atomic E-state index is 13.8. The van der Waals surface area contributed by atoms with Gasteiger partial charge in [0, 0.05) is 25.0 Å². The highest BCUT2D eigenvalue weighted by Crippen LogP contribution is 2.41. The minimum absolute atomic E-state index is 0.0119. The standard InChI is InChI=1S/C18H21FN4O3/c1-20-18-21-8-11(9-22-18)17(25)23-16(10-5-13(24)6-10)14-7-12(19)3-4-15(14)26-2/h3-4,7-10,13,16,24H,5-6H2,1-2H3,(H,23,25)(H,20,21,22)/t10?,13?,16-/m1/s1. The van der Waals surface area contributed by atoms with Gasteiger partial charge < -0.3 is 20.5 Å². The van der Waals surface area contributed by atoms with Crippen LogP contribution in [0.25, 0.3) is 0 Å². The molecule has 0 radical (unpaired) electrons. The topological polar surface area (TPSA) is 96.4 Å². The van der Waals surface area contributed by atoms with Crippen molar-refractivity contribution in [3.05, 3.63) is 47.5 Å². The van der Waals surface area contributed by atoms with Gasteiger partial charge in [-0.05, 0) is 37.0 Å². The molecule has 3 rings (SSSR count). The fourth-order valence-electron chi connectivity index (χ4n) is 3.10. The Morgan fingerprint density at radius 2 is 2.04 bits per heavy atom. The molecule has 1 aliphatic rings. The van der Waals surface area contributed by atoms with Gasteiger partial charge in [0.2, 0.25) is 5.95 Å². The van der Waals surface area contributed by atoms with Crippen LogP contribution in [-0.4, -0.2) is 41.2 Å². The maximum Gasteiger partial charge on any atom is 0.254 e. The van der Waals surface area contributed by atoms with Crippen molar-refractivity contribution in [2.24, 2.45) is 5.92 Å². The Hall–Kier alpha value is -2.74. The highest BCUT2D eigenvalue weighted by atomic mass is 19.1. The fraction of sp³-hybridized carbons (Fsp3) is 0.389. The number of ether oxygens (including phenoxy) is 1. The van der Waals surface area contributed by atoms with E-state index >= 15 is 0 Å². The third-order valence-corrected chi connectivity index (χ3v) is 4.57. The number of hydrogen-bond donors (Lipinski definition) is 3. The first-order valence-electron chi connectivity index (χ1n) is 8.34. The van der Waals surface area contributed by atoms with Gasteiger partial charge in [-0.15, -0.1) is 0 Å². The molecule has 0 bridgehead atoms. The van der Waals surface area contributed by atoms with Gasteiger partial charge in [0.1, 0.15) is 11.6 Å². The second kappa shape index (κ2) is 7.65. The van der Waals surface area contributed by atoms with Crippen molar-refractivity contribution in [1.29, 1.82) is 0 Å². The van der Waals surface area contributed by atoms with Crippen LogP contribution in [0.1, 0.15) is 34.8 Å². The zero-order valence-corrected chi connectivity index (χ0v) is 14.6. The number of nitrogens with one attached hydrogen (secondary N) is 2. The first-order chi connectivity index (χ1) is 12.5. The van der Waals surface area contributed by atoms with E-state index in [-0.39, 0.29) is 11.8 Å². The average Bonchev–Trinajstić information content (AvgIpc) is 2.63. The third kappa shape index (κ3) is 3.75. The fourth-order valence-corrected chi connectivity index (χ4v) is 3.10. The largest absolute Gasteiger partial charge is 0.496 e. The molecule has 1 fully saturated rings. The number of methoxy groups -OCH3 is 1. The molecule has 0 saturated heterocycles. The van der Waals surface area contributed by atoms with Crippen molar-refractivity contribution in [3.63, 3.8) is 0 Å². The summed E-state index contributed by atoms with van der Waals surface area (Å²) in [6.45, 7) is 0. The van der Waals surface area contributed by atoms with E-state index in [0.717, 1.165) is 0 Å². The number of aromatic nitrogens is 2. The van der Waals surface area contributed by atoms with Crippen LogP contribution in [0.15, 0.2) is 30.6 Å². The van der Waals surface area contributed by atoms with E-state index in [9.17, 15) is 14.3 Å². The predicted octanol–water partition coefficient (Wildman–Crippen LogP) is 1.91. The van der Waals surface area contributed by atoms with Crippen molar-refractivity contribution in [3.8, 4) is 5.75 Å². The molecular weight excluding hydrogens is 339 g/mol. The molecule has 1 aliphatic carbocycles. The van der Waals surface area contributed by atoms with Gasteiger partial charge in [0.15, 0.2) is 0 Å². The molecule has 1 amide bonds. The lowest BCUT2D eigenvalue weighted by atomic mass is 9.74. The minimum atomic E-state index is -0.486. The van der Waals surface area contributed by atoms with Crippen molar-refractivity contribution >= 4 is 11.9 Å². The van der Waals surface area contributed by atoms with Crippen LogP contribution in [0.5, 0.6) is 5.75 Å². The van der Waals surface area contributed by atoms with Gasteiger partial charge in [0.05, 0.1) is 24.8 Å². The summed E-state index contributed by atoms with van der Waals surface area (Å²) < 4.78 is 19.1. The molecule has 0 spiro atoms. The quantitative estimate of drug-likeness (QED) is 0.728. The van der Waals surface area contributed by atoms with E-state index in [1.165, 1.54) is 37.7 Å². The lowest BCUT2D eigenvalue weighted by Gasteiger charge is -2.38. The summed E-state index contributed by atoms with van der Waals surface area (Å²) in [6.07, 6.45) is 3.49. The molecule has 7 nitrogen and oxygen atoms in total. The summed E-state index contributed by atoms with van der Waals surface area (Å²) in [5.41, 5.74) is 0.842. The molecule has 8 heteroatoms. The molecule has 1 saturated carbocycles. The molecule has 1 aromatic heterocycles. The van der Waals surface area contributed by atoms with Crippen molar-refractivity contribution < 1.29 is 19.0 Å². The highest BCUT2D eigenvalue weighted by molar-refractivity contribution is 5.94. The van der Waals surface area contributed by atoms with E-state index in [0.29, 0.717) is 35.7 Å². The van der Waals surface area contributed by atoms with Crippen LogP contribution in [0, 0.1) is 11.7 Å². The SMILES string of the molecule is CNc1ncc(C(=O)N[C@@H](c2cc(F)ccc2OC)C2CC(O)C2)cn1. The molecule has 1 heterocycles. The van der Waals surface area contributed by atoms with Crippen LogP contribution in [-0.2, 0) is 0 Å². The summed E-state index contributed by atoms with van der Waals surface area (Å²) in [4.78, 5) is 20.7. The number of benzene rings is 1. The Bertz CT molecular complexity index is 779. The molecule has 26 heavy (non-hydrogen) atoms. The number of hydrogen-bond acceptors (Lipinski definition) is 6.